The summed E-state index contributed by atoms with van der Waals surface area (Å²) < 4.78 is 26.2. The number of nitrogens with one attached hydrogen (secondary N) is 1. The van der Waals surface area contributed by atoms with Crippen LogP contribution in [0.15, 0.2) is 48.5 Å². The Balaban J connectivity index is 2.24. The number of hydrogen-bond donors (Lipinski definition) is 1. The molecule has 36 heavy (non-hydrogen) atoms. The summed E-state index contributed by atoms with van der Waals surface area (Å²) in [5, 5.41) is 3.01. The van der Waals surface area contributed by atoms with Gasteiger partial charge in [0, 0.05) is 25.0 Å². The first-order valence-corrected chi connectivity index (χ1v) is 14.3. The third kappa shape index (κ3) is 8.66. The molecular weight excluding hydrogens is 474 g/mol. The molecule has 0 bridgehead atoms. The van der Waals surface area contributed by atoms with Crippen LogP contribution in [-0.4, -0.2) is 49.5 Å². The van der Waals surface area contributed by atoms with Crippen LogP contribution in [0.4, 0.5) is 5.69 Å². The number of benzene rings is 2. The van der Waals surface area contributed by atoms with E-state index in [-0.39, 0.29) is 24.8 Å². The number of sulfonamides is 1. The zero-order valence-electron chi connectivity index (χ0n) is 22.7. The highest BCUT2D eigenvalue weighted by atomic mass is 32.2. The molecule has 0 aliphatic rings. The van der Waals surface area contributed by atoms with E-state index < -0.39 is 21.6 Å². The van der Waals surface area contributed by atoms with Gasteiger partial charge >= 0.3 is 0 Å². The van der Waals surface area contributed by atoms with Crippen LogP contribution in [0.3, 0.4) is 0 Å². The smallest absolute Gasteiger partial charge is 0.243 e. The fourth-order valence-electron chi connectivity index (χ4n) is 4.06. The standard InChI is InChI=1S/C28H41N3O4S/c1-8-25(27(33)29-28(4,5)6)30(20-23-13-10-9-12-22(23)3)26(32)14-11-19-31(36(7,34)35)24-17-15-21(2)16-18-24/h9-10,12-13,15-18,25H,8,11,14,19-20H2,1-7H3,(H,29,33). The van der Waals surface area contributed by atoms with Gasteiger partial charge in [-0.1, -0.05) is 48.9 Å². The maximum atomic E-state index is 13.5. The molecule has 2 aromatic carbocycles. The number of carbonyl (C=O) groups is 2. The summed E-state index contributed by atoms with van der Waals surface area (Å²) in [7, 11) is -3.51. The van der Waals surface area contributed by atoms with E-state index in [0.717, 1.165) is 16.7 Å². The van der Waals surface area contributed by atoms with Gasteiger partial charge in [-0.2, -0.15) is 0 Å². The predicted octanol–water partition coefficient (Wildman–Crippen LogP) is 4.57. The minimum absolute atomic E-state index is 0.128. The van der Waals surface area contributed by atoms with Gasteiger partial charge in [0.15, 0.2) is 0 Å². The molecule has 0 aliphatic carbocycles. The summed E-state index contributed by atoms with van der Waals surface area (Å²) in [5.41, 5.74) is 3.21. The minimum atomic E-state index is -3.51. The summed E-state index contributed by atoms with van der Waals surface area (Å²) in [6.45, 7) is 12.1. The SMILES string of the molecule is CCC(C(=O)NC(C)(C)C)N(Cc1ccccc1C)C(=O)CCCN(c1ccc(C)cc1)S(C)(=O)=O. The number of nitrogens with zero attached hydrogens (tertiary/aromatic N) is 2. The second-order valence-corrected chi connectivity index (χ2v) is 12.3. The maximum Gasteiger partial charge on any atom is 0.243 e. The normalized spacial score (nSPS) is 12.6. The topological polar surface area (TPSA) is 86.8 Å². The molecule has 0 aromatic heterocycles. The van der Waals surface area contributed by atoms with Crippen molar-refractivity contribution in [2.45, 2.75) is 78.9 Å². The van der Waals surface area contributed by atoms with Gasteiger partial charge in [-0.3, -0.25) is 13.9 Å². The van der Waals surface area contributed by atoms with Crippen LogP contribution >= 0.6 is 0 Å². The molecule has 8 heteroatoms. The number of carbonyl (C=O) groups excluding carboxylic acids is 2. The molecule has 0 aliphatic heterocycles. The molecular formula is C28H41N3O4S. The average molecular weight is 516 g/mol. The first kappa shape index (κ1) is 29.4. The van der Waals surface area contributed by atoms with Crippen molar-refractivity contribution in [1.29, 1.82) is 0 Å². The molecule has 2 rings (SSSR count). The van der Waals surface area contributed by atoms with Gasteiger partial charge in [0.05, 0.1) is 11.9 Å². The Morgan fingerprint density at radius 3 is 2.14 bits per heavy atom. The van der Waals surface area contributed by atoms with Crippen molar-refractivity contribution in [3.63, 3.8) is 0 Å². The minimum Gasteiger partial charge on any atom is -0.350 e. The van der Waals surface area contributed by atoms with Crippen molar-refractivity contribution in [1.82, 2.24) is 10.2 Å². The van der Waals surface area contributed by atoms with Crippen LogP contribution in [-0.2, 0) is 26.2 Å². The van der Waals surface area contributed by atoms with E-state index in [0.29, 0.717) is 25.1 Å². The Labute approximate surface area is 216 Å². The monoisotopic (exact) mass is 515 g/mol. The molecule has 7 nitrogen and oxygen atoms in total. The molecule has 0 saturated carbocycles. The van der Waals surface area contributed by atoms with Crippen LogP contribution in [0, 0.1) is 13.8 Å². The Hall–Kier alpha value is -2.87. The van der Waals surface area contributed by atoms with Crippen LogP contribution in [0.5, 0.6) is 0 Å². The van der Waals surface area contributed by atoms with E-state index in [1.807, 2.05) is 77.9 Å². The molecule has 1 unspecified atom stereocenters. The van der Waals surface area contributed by atoms with E-state index in [9.17, 15) is 18.0 Å². The van der Waals surface area contributed by atoms with Crippen molar-refractivity contribution in [3.8, 4) is 0 Å². The first-order valence-electron chi connectivity index (χ1n) is 12.4. The van der Waals surface area contributed by atoms with E-state index in [4.69, 9.17) is 0 Å². The van der Waals surface area contributed by atoms with Gasteiger partial charge in [-0.15, -0.1) is 0 Å². The Morgan fingerprint density at radius 2 is 1.61 bits per heavy atom. The Kier molecular flexibility index (Phi) is 10.1. The fraction of sp³-hybridized carbons (Fsp3) is 0.500. The largest absolute Gasteiger partial charge is 0.350 e. The highest BCUT2D eigenvalue weighted by Crippen LogP contribution is 2.21. The second kappa shape index (κ2) is 12.4. The highest BCUT2D eigenvalue weighted by Gasteiger charge is 2.31. The van der Waals surface area contributed by atoms with E-state index in [2.05, 4.69) is 5.32 Å². The molecule has 2 amide bonds. The van der Waals surface area contributed by atoms with Gasteiger partial charge in [0.1, 0.15) is 6.04 Å². The fourth-order valence-corrected chi connectivity index (χ4v) is 5.02. The lowest BCUT2D eigenvalue weighted by atomic mass is 10.0. The lowest BCUT2D eigenvalue weighted by Crippen LogP contribution is -2.53. The van der Waals surface area contributed by atoms with Crippen molar-refractivity contribution in [2.24, 2.45) is 0 Å². The number of rotatable bonds is 11. The number of aryl methyl sites for hydroxylation is 2. The summed E-state index contributed by atoms with van der Waals surface area (Å²) >= 11 is 0. The first-order chi connectivity index (χ1) is 16.7. The van der Waals surface area contributed by atoms with Gasteiger partial charge < -0.3 is 10.2 Å². The summed E-state index contributed by atoms with van der Waals surface area (Å²) in [6.07, 6.45) is 2.10. The van der Waals surface area contributed by atoms with E-state index >= 15 is 0 Å². The molecule has 0 radical (unpaired) electrons. The zero-order chi connectivity index (χ0) is 27.1. The second-order valence-electron chi connectivity index (χ2n) is 10.4. The average Bonchev–Trinajstić information content (AvgIpc) is 2.76. The quantitative estimate of drug-likeness (QED) is 0.475. The molecule has 0 fully saturated rings. The van der Waals surface area contributed by atoms with Crippen molar-refractivity contribution >= 4 is 27.5 Å². The van der Waals surface area contributed by atoms with Gasteiger partial charge in [0.2, 0.25) is 21.8 Å². The molecule has 0 saturated heterocycles. The lowest BCUT2D eigenvalue weighted by molar-refractivity contribution is -0.142. The molecule has 1 atom stereocenters. The maximum absolute atomic E-state index is 13.5. The third-order valence-electron chi connectivity index (χ3n) is 5.96. The number of hydrogen-bond acceptors (Lipinski definition) is 4. The Morgan fingerprint density at radius 1 is 1.00 bits per heavy atom. The molecule has 1 N–H and O–H groups in total. The van der Waals surface area contributed by atoms with Crippen LogP contribution in [0.1, 0.15) is 63.6 Å². The van der Waals surface area contributed by atoms with E-state index in [1.165, 1.54) is 10.6 Å². The van der Waals surface area contributed by atoms with Crippen LogP contribution in [0.25, 0.3) is 0 Å². The molecule has 198 valence electrons. The van der Waals surface area contributed by atoms with Crippen molar-refractivity contribution in [3.05, 3.63) is 65.2 Å². The van der Waals surface area contributed by atoms with Gasteiger partial charge in [-0.25, -0.2) is 8.42 Å². The molecule has 2 aromatic rings. The lowest BCUT2D eigenvalue weighted by Gasteiger charge is -2.33. The summed E-state index contributed by atoms with van der Waals surface area (Å²) in [6, 6.07) is 14.5. The predicted molar refractivity (Wildman–Crippen MR) is 146 cm³/mol. The van der Waals surface area contributed by atoms with Gasteiger partial charge in [-0.05, 0) is 70.7 Å². The zero-order valence-corrected chi connectivity index (χ0v) is 23.5. The van der Waals surface area contributed by atoms with Gasteiger partial charge in [0.25, 0.3) is 0 Å². The van der Waals surface area contributed by atoms with Crippen molar-refractivity contribution in [2.75, 3.05) is 17.1 Å². The third-order valence-corrected chi connectivity index (χ3v) is 7.15. The van der Waals surface area contributed by atoms with Crippen LogP contribution in [0.2, 0.25) is 0 Å². The Bertz CT molecular complexity index is 1140. The summed E-state index contributed by atoms with van der Waals surface area (Å²) in [4.78, 5) is 28.3. The highest BCUT2D eigenvalue weighted by molar-refractivity contribution is 7.92. The molecule has 0 heterocycles. The molecule has 0 spiro atoms. The van der Waals surface area contributed by atoms with Crippen molar-refractivity contribution < 1.29 is 18.0 Å². The van der Waals surface area contributed by atoms with Crippen LogP contribution < -0.4 is 9.62 Å². The van der Waals surface area contributed by atoms with E-state index in [1.54, 1.807) is 17.0 Å². The number of amides is 2. The number of anilines is 1. The summed E-state index contributed by atoms with van der Waals surface area (Å²) in [5.74, 6) is -0.365.